The molecule has 0 aliphatic carbocycles. The predicted octanol–water partition coefficient (Wildman–Crippen LogP) is 2.98. The Morgan fingerprint density at radius 2 is 2.18 bits per heavy atom. The van der Waals surface area contributed by atoms with Crippen LogP contribution in [0, 0.1) is 5.92 Å². The first-order chi connectivity index (χ1) is 10.7. The highest BCUT2D eigenvalue weighted by molar-refractivity contribution is 5.46. The summed E-state index contributed by atoms with van der Waals surface area (Å²) in [6.45, 7) is 5.88. The maximum Gasteiger partial charge on any atom is 0.151 e. The normalized spacial score (nSPS) is 18.1. The molecule has 0 saturated carbocycles. The first-order valence-electron chi connectivity index (χ1n) is 7.86. The van der Waals surface area contributed by atoms with Crippen molar-refractivity contribution in [2.24, 2.45) is 5.92 Å². The molecule has 1 aromatic carbocycles. The van der Waals surface area contributed by atoms with E-state index in [2.05, 4.69) is 13.8 Å². The number of nitrogens with zero attached hydrogens (tertiary/aromatic N) is 3. The summed E-state index contributed by atoms with van der Waals surface area (Å²) in [7, 11) is 1.68. The second-order valence-corrected chi connectivity index (χ2v) is 6.13. The first-order valence-corrected chi connectivity index (χ1v) is 7.86. The monoisotopic (exact) mass is 301 g/mol. The van der Waals surface area contributed by atoms with Crippen LogP contribution in [0.5, 0.6) is 5.75 Å². The number of hydrogen-bond acceptors (Lipinski definition) is 4. The van der Waals surface area contributed by atoms with Gasteiger partial charge in [0.2, 0.25) is 0 Å². The highest BCUT2D eigenvalue weighted by atomic mass is 16.5. The lowest BCUT2D eigenvalue weighted by molar-refractivity contribution is 0.193. The number of para-hydroxylation sites is 2. The fraction of sp³-hybridized carbons (Fsp3) is 0.529. The summed E-state index contributed by atoms with van der Waals surface area (Å²) < 4.78 is 13.0. The molecule has 1 unspecified atom stereocenters. The van der Waals surface area contributed by atoms with Gasteiger partial charge in [-0.15, -0.1) is 0 Å². The largest absolute Gasteiger partial charge is 0.494 e. The number of rotatable bonds is 5. The zero-order valence-corrected chi connectivity index (χ0v) is 13.5. The molecule has 118 valence electrons. The van der Waals surface area contributed by atoms with Gasteiger partial charge in [0, 0.05) is 18.9 Å². The van der Waals surface area contributed by atoms with E-state index in [4.69, 9.17) is 19.6 Å². The smallest absolute Gasteiger partial charge is 0.151 e. The summed E-state index contributed by atoms with van der Waals surface area (Å²) in [5.41, 5.74) is 0.939. The van der Waals surface area contributed by atoms with E-state index in [-0.39, 0.29) is 0 Å². The summed E-state index contributed by atoms with van der Waals surface area (Å²) in [4.78, 5) is 4.80. The van der Waals surface area contributed by atoms with Gasteiger partial charge in [-0.3, -0.25) is 0 Å². The standard InChI is InChI=1S/C17H23N3O2/c1-12(2)10-16-18-17(13-8-9-22-11-13)20(19-16)14-6-4-5-7-15(14)21-3/h4-7,12-13H,8-11H2,1-3H3. The molecule has 0 radical (unpaired) electrons. The number of aromatic nitrogens is 3. The summed E-state index contributed by atoms with van der Waals surface area (Å²) in [6, 6.07) is 7.93. The van der Waals surface area contributed by atoms with Crippen molar-refractivity contribution >= 4 is 0 Å². The molecule has 3 rings (SSSR count). The quantitative estimate of drug-likeness (QED) is 0.852. The van der Waals surface area contributed by atoms with E-state index in [9.17, 15) is 0 Å². The van der Waals surface area contributed by atoms with Crippen molar-refractivity contribution in [3.8, 4) is 11.4 Å². The second kappa shape index (κ2) is 6.48. The summed E-state index contributed by atoms with van der Waals surface area (Å²) in [5.74, 6) is 3.52. The Bertz CT molecular complexity index is 631. The van der Waals surface area contributed by atoms with E-state index in [1.807, 2.05) is 28.9 Å². The predicted molar refractivity (Wildman–Crippen MR) is 84.6 cm³/mol. The van der Waals surface area contributed by atoms with Gasteiger partial charge in [-0.05, 0) is 24.5 Å². The molecule has 0 bridgehead atoms. The number of benzene rings is 1. The van der Waals surface area contributed by atoms with Gasteiger partial charge >= 0.3 is 0 Å². The van der Waals surface area contributed by atoms with Crippen LogP contribution in [0.2, 0.25) is 0 Å². The van der Waals surface area contributed by atoms with E-state index >= 15 is 0 Å². The Morgan fingerprint density at radius 1 is 1.36 bits per heavy atom. The van der Waals surface area contributed by atoms with Crippen molar-refractivity contribution in [2.45, 2.75) is 32.6 Å². The molecule has 1 fully saturated rings. The van der Waals surface area contributed by atoms with Crippen molar-refractivity contribution in [2.75, 3.05) is 20.3 Å². The van der Waals surface area contributed by atoms with E-state index in [0.29, 0.717) is 11.8 Å². The minimum Gasteiger partial charge on any atom is -0.494 e. The minimum atomic E-state index is 0.304. The summed E-state index contributed by atoms with van der Waals surface area (Å²) in [6.07, 6.45) is 1.87. The third-order valence-electron chi connectivity index (χ3n) is 3.88. The first kappa shape index (κ1) is 15.0. The van der Waals surface area contributed by atoms with E-state index < -0.39 is 0 Å². The van der Waals surface area contributed by atoms with Crippen LogP contribution in [0.4, 0.5) is 0 Å². The summed E-state index contributed by atoms with van der Waals surface area (Å²) >= 11 is 0. The topological polar surface area (TPSA) is 49.2 Å². The molecule has 0 spiro atoms. The van der Waals surface area contributed by atoms with Gasteiger partial charge in [0.05, 0.1) is 13.7 Å². The highest BCUT2D eigenvalue weighted by Crippen LogP contribution is 2.29. The molecule has 1 aliphatic heterocycles. The number of hydrogen-bond donors (Lipinski definition) is 0. The molecular formula is C17H23N3O2. The highest BCUT2D eigenvalue weighted by Gasteiger charge is 2.26. The fourth-order valence-electron chi connectivity index (χ4n) is 2.80. The average molecular weight is 301 g/mol. The van der Waals surface area contributed by atoms with E-state index in [1.54, 1.807) is 7.11 Å². The maximum atomic E-state index is 5.54. The Labute approximate surface area is 131 Å². The Hall–Kier alpha value is -1.88. The summed E-state index contributed by atoms with van der Waals surface area (Å²) in [5, 5.41) is 4.74. The van der Waals surface area contributed by atoms with Crippen LogP contribution >= 0.6 is 0 Å². The zero-order chi connectivity index (χ0) is 15.5. The minimum absolute atomic E-state index is 0.304. The molecule has 2 aromatic rings. The lowest BCUT2D eigenvalue weighted by Gasteiger charge is -2.12. The zero-order valence-electron chi connectivity index (χ0n) is 13.5. The molecule has 5 nitrogen and oxygen atoms in total. The second-order valence-electron chi connectivity index (χ2n) is 6.13. The van der Waals surface area contributed by atoms with Gasteiger partial charge in [-0.25, -0.2) is 9.67 Å². The SMILES string of the molecule is COc1ccccc1-n1nc(CC(C)C)nc1C1CCOC1. The van der Waals surface area contributed by atoms with Crippen LogP contribution in [0.1, 0.15) is 37.8 Å². The van der Waals surface area contributed by atoms with Crippen LogP contribution in [0.15, 0.2) is 24.3 Å². The van der Waals surface area contributed by atoms with Crippen molar-refractivity contribution in [1.82, 2.24) is 14.8 Å². The Kier molecular flexibility index (Phi) is 4.43. The van der Waals surface area contributed by atoms with Gasteiger partial charge < -0.3 is 9.47 Å². The van der Waals surface area contributed by atoms with E-state index in [1.165, 1.54) is 0 Å². The molecule has 22 heavy (non-hydrogen) atoms. The molecule has 2 heterocycles. The van der Waals surface area contributed by atoms with Gasteiger partial charge in [0.1, 0.15) is 17.3 Å². The van der Waals surface area contributed by atoms with Gasteiger partial charge in [0.25, 0.3) is 0 Å². The van der Waals surface area contributed by atoms with Crippen molar-refractivity contribution in [3.63, 3.8) is 0 Å². The third kappa shape index (κ3) is 2.99. The van der Waals surface area contributed by atoms with Crippen LogP contribution < -0.4 is 4.74 Å². The molecule has 0 N–H and O–H groups in total. The Morgan fingerprint density at radius 3 is 2.86 bits per heavy atom. The number of methoxy groups -OCH3 is 1. The van der Waals surface area contributed by atoms with Crippen LogP contribution in [-0.4, -0.2) is 35.1 Å². The molecule has 1 saturated heterocycles. The Balaban J connectivity index is 2.05. The van der Waals surface area contributed by atoms with Crippen molar-refractivity contribution < 1.29 is 9.47 Å². The van der Waals surface area contributed by atoms with Gasteiger partial charge in [-0.2, -0.15) is 5.10 Å². The lowest BCUT2D eigenvalue weighted by Crippen LogP contribution is -2.10. The molecule has 1 aromatic heterocycles. The third-order valence-corrected chi connectivity index (χ3v) is 3.88. The lowest BCUT2D eigenvalue weighted by atomic mass is 10.1. The van der Waals surface area contributed by atoms with Crippen molar-refractivity contribution in [3.05, 3.63) is 35.9 Å². The molecule has 5 heteroatoms. The molecule has 1 atom stereocenters. The maximum absolute atomic E-state index is 5.54. The van der Waals surface area contributed by atoms with Crippen molar-refractivity contribution in [1.29, 1.82) is 0 Å². The van der Waals surface area contributed by atoms with Gasteiger partial charge in [-0.1, -0.05) is 26.0 Å². The van der Waals surface area contributed by atoms with Crippen LogP contribution in [0.25, 0.3) is 5.69 Å². The fourth-order valence-corrected chi connectivity index (χ4v) is 2.80. The van der Waals surface area contributed by atoms with Crippen LogP contribution in [-0.2, 0) is 11.2 Å². The van der Waals surface area contributed by atoms with E-state index in [0.717, 1.165) is 49.1 Å². The average Bonchev–Trinajstić information content (AvgIpc) is 3.15. The number of ether oxygens (including phenoxy) is 2. The van der Waals surface area contributed by atoms with Gasteiger partial charge in [0.15, 0.2) is 5.82 Å². The van der Waals surface area contributed by atoms with Crippen LogP contribution in [0.3, 0.4) is 0 Å². The molecular weight excluding hydrogens is 278 g/mol. The molecule has 1 aliphatic rings. The molecule has 0 amide bonds.